The lowest BCUT2D eigenvalue weighted by Crippen LogP contribution is -2.43. The maximum Gasteiger partial charge on any atom is 0.253 e. The zero-order valence-electron chi connectivity index (χ0n) is 30.3. The van der Waals surface area contributed by atoms with Gasteiger partial charge in [0.15, 0.2) is 0 Å². The smallest absolute Gasteiger partial charge is 0.253 e. The fourth-order valence-electron chi connectivity index (χ4n) is 9.24. The standard InChI is InChI=1S/C25H30N2O2.C18H26N2O/c1-17(2)23(18-9-5-3-6-10-18)24(28)26-22-14-13-20-15-27(16-21(20)22)25(29)19-11-7-4-8-12-19;1-12(2)17(13-6-4-3-5-7-13)18(21)20-16-9-8-14-10-19-11-15(14)16/h3-12,17,20-23H,13-16H2,1-2H3,(H,26,28);3-7,12,14-17,19H,8-11H2,1-2H3,(H,20,21)/t20-,21+,22+,23?;14-,15+,16+,17?/m11/s1. The van der Waals surface area contributed by atoms with Crippen LogP contribution in [0, 0.1) is 35.5 Å². The van der Waals surface area contributed by atoms with Crippen molar-refractivity contribution < 1.29 is 14.4 Å². The fraction of sp³-hybridized carbons (Fsp3) is 0.512. The van der Waals surface area contributed by atoms with Crippen LogP contribution in [0.4, 0.5) is 0 Å². The Hall–Kier alpha value is -3.97. The maximum absolute atomic E-state index is 13.2. The molecule has 0 radical (unpaired) electrons. The lowest BCUT2D eigenvalue weighted by atomic mass is 9.87. The van der Waals surface area contributed by atoms with E-state index in [-0.39, 0.29) is 41.5 Å². The van der Waals surface area contributed by atoms with Crippen LogP contribution in [0.5, 0.6) is 0 Å². The highest BCUT2D eigenvalue weighted by Gasteiger charge is 2.45. The molecule has 7 rings (SSSR count). The van der Waals surface area contributed by atoms with E-state index in [0.717, 1.165) is 68.0 Å². The van der Waals surface area contributed by atoms with Crippen LogP contribution in [0.3, 0.4) is 0 Å². The van der Waals surface area contributed by atoms with Crippen molar-refractivity contribution in [1.82, 2.24) is 20.9 Å². The Kier molecular flexibility index (Phi) is 11.7. The molecular formula is C43H56N4O3. The third kappa shape index (κ3) is 8.15. The second-order valence-corrected chi connectivity index (χ2v) is 15.7. The second kappa shape index (κ2) is 16.4. The van der Waals surface area contributed by atoms with E-state index < -0.39 is 0 Å². The van der Waals surface area contributed by atoms with Crippen LogP contribution in [0.1, 0.15) is 86.7 Å². The first kappa shape index (κ1) is 35.8. The average Bonchev–Trinajstić information content (AvgIpc) is 3.91. The van der Waals surface area contributed by atoms with Gasteiger partial charge in [0, 0.05) is 43.2 Å². The lowest BCUT2D eigenvalue weighted by molar-refractivity contribution is -0.125. The number of likely N-dealkylation sites (tertiary alicyclic amines) is 1. The molecule has 0 spiro atoms. The van der Waals surface area contributed by atoms with Crippen molar-refractivity contribution in [1.29, 1.82) is 0 Å². The Morgan fingerprint density at radius 2 is 1.08 bits per heavy atom. The Labute approximate surface area is 299 Å². The van der Waals surface area contributed by atoms with Gasteiger partial charge in [-0.25, -0.2) is 0 Å². The van der Waals surface area contributed by atoms with Crippen LogP contribution in [0.15, 0.2) is 91.0 Å². The molecule has 2 heterocycles. The second-order valence-electron chi connectivity index (χ2n) is 15.7. The number of nitrogens with one attached hydrogen (secondary N) is 3. The summed E-state index contributed by atoms with van der Waals surface area (Å²) in [7, 11) is 0. The summed E-state index contributed by atoms with van der Waals surface area (Å²) in [6.45, 7) is 12.2. The highest BCUT2D eigenvalue weighted by Crippen LogP contribution is 2.39. The summed E-state index contributed by atoms with van der Waals surface area (Å²) in [6.07, 6.45) is 4.47. The highest BCUT2D eigenvalue weighted by atomic mass is 16.2. The van der Waals surface area contributed by atoms with Crippen LogP contribution >= 0.6 is 0 Å². The third-order valence-electron chi connectivity index (χ3n) is 11.8. The zero-order valence-corrected chi connectivity index (χ0v) is 30.3. The van der Waals surface area contributed by atoms with Gasteiger partial charge in [0.2, 0.25) is 11.8 Å². The fourth-order valence-corrected chi connectivity index (χ4v) is 9.24. The SMILES string of the molecule is CC(C)C(C(=O)N[C@H]1CC[C@@H]2CN(C(=O)c3ccccc3)C[C@@H]21)c1ccccc1.CC(C)C(C(=O)N[C@H]1CC[C@@H]2CNC[C@@H]21)c1ccccc1. The summed E-state index contributed by atoms with van der Waals surface area (Å²) < 4.78 is 0. The van der Waals surface area contributed by atoms with E-state index >= 15 is 0 Å². The number of fused-ring (bicyclic) bond motifs is 2. The number of hydrogen-bond acceptors (Lipinski definition) is 4. The molecule has 2 unspecified atom stereocenters. The van der Waals surface area contributed by atoms with Gasteiger partial charge >= 0.3 is 0 Å². The number of amides is 3. The number of nitrogens with zero attached hydrogens (tertiary/aromatic N) is 1. The van der Waals surface area contributed by atoms with Gasteiger partial charge < -0.3 is 20.9 Å². The van der Waals surface area contributed by atoms with Crippen LogP contribution < -0.4 is 16.0 Å². The van der Waals surface area contributed by atoms with Gasteiger partial charge in [0.25, 0.3) is 5.91 Å². The van der Waals surface area contributed by atoms with Crippen LogP contribution in [0.2, 0.25) is 0 Å². The molecule has 2 aliphatic heterocycles. The molecule has 4 aliphatic rings. The van der Waals surface area contributed by atoms with Crippen LogP contribution in [0.25, 0.3) is 0 Å². The minimum atomic E-state index is -0.140. The summed E-state index contributed by atoms with van der Waals surface area (Å²) in [5.74, 6) is 3.03. The van der Waals surface area contributed by atoms with E-state index in [1.54, 1.807) is 0 Å². The normalized spacial score (nSPS) is 26.5. The molecule has 3 aromatic rings. The van der Waals surface area contributed by atoms with Crippen molar-refractivity contribution in [2.45, 2.75) is 77.3 Å². The topological polar surface area (TPSA) is 90.5 Å². The molecule has 7 heteroatoms. The largest absolute Gasteiger partial charge is 0.352 e. The average molecular weight is 677 g/mol. The Morgan fingerprint density at radius 3 is 1.60 bits per heavy atom. The molecule has 2 aliphatic carbocycles. The molecular weight excluding hydrogens is 620 g/mol. The molecule has 3 amide bonds. The first-order valence-corrected chi connectivity index (χ1v) is 19.0. The summed E-state index contributed by atoms with van der Waals surface area (Å²) in [4.78, 5) is 40.8. The molecule has 3 N–H and O–H groups in total. The zero-order chi connectivity index (χ0) is 35.2. The van der Waals surface area contributed by atoms with E-state index in [1.165, 1.54) is 6.42 Å². The first-order valence-electron chi connectivity index (χ1n) is 19.0. The first-order chi connectivity index (χ1) is 24.2. The summed E-state index contributed by atoms with van der Waals surface area (Å²) >= 11 is 0. The van der Waals surface area contributed by atoms with E-state index in [9.17, 15) is 14.4 Å². The maximum atomic E-state index is 13.2. The summed E-state index contributed by atoms with van der Waals surface area (Å²) in [6, 6.07) is 30.2. The monoisotopic (exact) mass is 676 g/mol. The molecule has 266 valence electrons. The van der Waals surface area contributed by atoms with E-state index in [0.29, 0.717) is 29.7 Å². The Morgan fingerprint density at radius 1 is 0.600 bits per heavy atom. The van der Waals surface area contributed by atoms with Crippen LogP contribution in [-0.4, -0.2) is 60.9 Å². The third-order valence-corrected chi connectivity index (χ3v) is 11.8. The van der Waals surface area contributed by atoms with E-state index in [1.807, 2.05) is 83.8 Å². The minimum absolute atomic E-state index is 0.0420. The highest BCUT2D eigenvalue weighted by molar-refractivity contribution is 5.94. The number of carbonyl (C=O) groups is 3. The predicted molar refractivity (Wildman–Crippen MR) is 200 cm³/mol. The van der Waals surface area contributed by atoms with Gasteiger partial charge in [-0.05, 0) is 85.1 Å². The minimum Gasteiger partial charge on any atom is -0.352 e. The van der Waals surface area contributed by atoms with E-state index in [4.69, 9.17) is 0 Å². The molecule has 7 nitrogen and oxygen atoms in total. The number of hydrogen-bond donors (Lipinski definition) is 3. The van der Waals surface area contributed by atoms with Gasteiger partial charge in [-0.15, -0.1) is 0 Å². The number of rotatable bonds is 9. The van der Waals surface area contributed by atoms with Crippen molar-refractivity contribution in [3.8, 4) is 0 Å². The molecule has 2 saturated heterocycles. The quantitative estimate of drug-likeness (QED) is 0.237. The molecule has 4 fully saturated rings. The number of benzene rings is 3. The molecule has 3 aromatic carbocycles. The van der Waals surface area contributed by atoms with Crippen molar-refractivity contribution in [3.05, 3.63) is 108 Å². The van der Waals surface area contributed by atoms with Crippen molar-refractivity contribution in [2.75, 3.05) is 26.2 Å². The van der Waals surface area contributed by atoms with Crippen molar-refractivity contribution in [3.63, 3.8) is 0 Å². The van der Waals surface area contributed by atoms with Crippen molar-refractivity contribution >= 4 is 17.7 Å². The van der Waals surface area contributed by atoms with E-state index in [2.05, 4.69) is 55.8 Å². The Bertz CT molecular complexity index is 1560. The van der Waals surface area contributed by atoms with Gasteiger partial charge in [0.1, 0.15) is 0 Å². The van der Waals surface area contributed by atoms with Gasteiger partial charge in [-0.1, -0.05) is 107 Å². The summed E-state index contributed by atoms with van der Waals surface area (Å²) in [5, 5.41) is 10.2. The van der Waals surface area contributed by atoms with Crippen LogP contribution in [-0.2, 0) is 9.59 Å². The van der Waals surface area contributed by atoms with Gasteiger partial charge in [0.05, 0.1) is 11.8 Å². The lowest BCUT2D eigenvalue weighted by Gasteiger charge is -2.26. The molecule has 50 heavy (non-hydrogen) atoms. The molecule has 2 saturated carbocycles. The molecule has 8 atom stereocenters. The van der Waals surface area contributed by atoms with Gasteiger partial charge in [-0.2, -0.15) is 0 Å². The number of carbonyl (C=O) groups excluding carboxylic acids is 3. The Balaban J connectivity index is 0.000000182. The summed E-state index contributed by atoms with van der Waals surface area (Å²) in [5.41, 5.74) is 2.95. The molecule has 0 aromatic heterocycles. The predicted octanol–water partition coefficient (Wildman–Crippen LogP) is 6.63. The van der Waals surface area contributed by atoms with Gasteiger partial charge in [-0.3, -0.25) is 14.4 Å². The molecule has 0 bridgehead atoms. The van der Waals surface area contributed by atoms with Crippen molar-refractivity contribution in [2.24, 2.45) is 35.5 Å².